The molecule has 1 aliphatic rings. The summed E-state index contributed by atoms with van der Waals surface area (Å²) in [6, 6.07) is 19.7. The molecule has 0 unspecified atom stereocenters. The highest BCUT2D eigenvalue weighted by atomic mass is 32.2. The van der Waals surface area contributed by atoms with Gasteiger partial charge in [-0.3, -0.25) is 14.2 Å². The van der Waals surface area contributed by atoms with Crippen LogP contribution in [0, 0.1) is 0 Å². The topological polar surface area (TPSA) is 55.2 Å². The number of nitrogens with zero attached hydrogens (tertiary/aromatic N) is 3. The molecule has 2 aromatic carbocycles. The average molecular weight is 476 g/mol. The first kappa shape index (κ1) is 21.9. The minimum atomic E-state index is -0.104. The van der Waals surface area contributed by atoms with E-state index in [1.807, 2.05) is 70.9 Å². The third-order valence-corrected chi connectivity index (χ3v) is 7.92. The second kappa shape index (κ2) is 9.53. The molecule has 1 fully saturated rings. The number of carbonyl (C=O) groups excluding carboxylic acids is 1. The summed E-state index contributed by atoms with van der Waals surface area (Å²) in [6.07, 6.45) is 3.27. The van der Waals surface area contributed by atoms with Gasteiger partial charge < -0.3 is 4.90 Å². The minimum absolute atomic E-state index is 0.104. The van der Waals surface area contributed by atoms with E-state index in [2.05, 4.69) is 6.92 Å². The fourth-order valence-electron chi connectivity index (χ4n) is 4.38. The Balaban J connectivity index is 1.57. The summed E-state index contributed by atoms with van der Waals surface area (Å²) in [5, 5.41) is 3.17. The predicted octanol–water partition coefficient (Wildman–Crippen LogP) is 5.61. The Labute approximate surface area is 201 Å². The summed E-state index contributed by atoms with van der Waals surface area (Å²) in [7, 11) is 0. The molecule has 7 heteroatoms. The predicted molar refractivity (Wildman–Crippen MR) is 136 cm³/mol. The van der Waals surface area contributed by atoms with E-state index in [1.165, 1.54) is 29.5 Å². The van der Waals surface area contributed by atoms with Crippen molar-refractivity contribution in [1.82, 2.24) is 14.5 Å². The highest BCUT2D eigenvalue weighted by Crippen LogP contribution is 2.33. The number of carbonyl (C=O) groups is 1. The summed E-state index contributed by atoms with van der Waals surface area (Å²) in [5.41, 5.74) is 2.54. The molecule has 3 heterocycles. The standard InChI is InChI=1S/C26H25N3O2S2/c1-18-10-8-9-15-28(18)22(30)17-33-26-27-24-23(21(16-32-24)19-11-4-2-5-12-19)25(31)29(26)20-13-6-3-7-14-20/h2-7,11-14,16,18H,8-10,15,17H2,1H3/t18-/m0/s1. The molecular formula is C26H25N3O2S2. The maximum atomic E-state index is 13.8. The van der Waals surface area contributed by atoms with Crippen LogP contribution >= 0.6 is 23.1 Å². The molecule has 2 aromatic heterocycles. The molecule has 4 aromatic rings. The molecule has 0 N–H and O–H groups in total. The van der Waals surface area contributed by atoms with Crippen LogP contribution in [0.4, 0.5) is 0 Å². The van der Waals surface area contributed by atoms with Gasteiger partial charge in [0.15, 0.2) is 5.16 Å². The van der Waals surface area contributed by atoms with Crippen LogP contribution in [0.3, 0.4) is 0 Å². The van der Waals surface area contributed by atoms with Gasteiger partial charge in [0.25, 0.3) is 5.56 Å². The minimum Gasteiger partial charge on any atom is -0.339 e. The maximum absolute atomic E-state index is 13.8. The Kier molecular flexibility index (Phi) is 6.33. The number of likely N-dealkylation sites (tertiary alicyclic amines) is 1. The van der Waals surface area contributed by atoms with Crippen LogP contribution in [0.1, 0.15) is 26.2 Å². The van der Waals surface area contributed by atoms with Crippen molar-refractivity contribution in [3.63, 3.8) is 0 Å². The Morgan fingerprint density at radius 2 is 1.82 bits per heavy atom. The zero-order valence-electron chi connectivity index (χ0n) is 18.4. The van der Waals surface area contributed by atoms with E-state index >= 15 is 0 Å². The smallest absolute Gasteiger partial charge is 0.268 e. The van der Waals surface area contributed by atoms with Gasteiger partial charge in [0.2, 0.25) is 5.91 Å². The zero-order chi connectivity index (χ0) is 22.8. The molecule has 168 valence electrons. The van der Waals surface area contributed by atoms with Crippen LogP contribution in [0.25, 0.3) is 27.0 Å². The first-order valence-electron chi connectivity index (χ1n) is 11.2. The van der Waals surface area contributed by atoms with Crippen LogP contribution in [0.2, 0.25) is 0 Å². The highest BCUT2D eigenvalue weighted by molar-refractivity contribution is 7.99. The van der Waals surface area contributed by atoms with Gasteiger partial charge in [-0.25, -0.2) is 4.98 Å². The fraction of sp³-hybridized carbons (Fsp3) is 0.269. The number of thiophene rings is 1. The lowest BCUT2D eigenvalue weighted by molar-refractivity contribution is -0.131. The van der Waals surface area contributed by atoms with Gasteiger partial charge >= 0.3 is 0 Å². The molecule has 5 rings (SSSR count). The number of amides is 1. The highest BCUT2D eigenvalue weighted by Gasteiger charge is 2.24. The second-order valence-electron chi connectivity index (χ2n) is 8.29. The van der Waals surface area contributed by atoms with Gasteiger partial charge in [-0.2, -0.15) is 0 Å². The summed E-state index contributed by atoms with van der Waals surface area (Å²) in [4.78, 5) is 34.3. The molecule has 1 atom stereocenters. The van der Waals surface area contributed by atoms with E-state index in [0.717, 1.165) is 36.2 Å². The van der Waals surface area contributed by atoms with E-state index in [4.69, 9.17) is 4.98 Å². The summed E-state index contributed by atoms with van der Waals surface area (Å²) in [5.74, 6) is 0.379. The Bertz CT molecular complexity index is 1330. The number of rotatable bonds is 5. The Morgan fingerprint density at radius 3 is 2.55 bits per heavy atom. The maximum Gasteiger partial charge on any atom is 0.268 e. The van der Waals surface area contributed by atoms with Crippen LogP contribution in [0.15, 0.2) is 76.0 Å². The summed E-state index contributed by atoms with van der Waals surface area (Å²) < 4.78 is 1.65. The molecule has 1 amide bonds. The number of fused-ring (bicyclic) bond motifs is 1. The number of benzene rings is 2. The number of hydrogen-bond acceptors (Lipinski definition) is 5. The van der Waals surface area contributed by atoms with Crippen molar-refractivity contribution < 1.29 is 4.79 Å². The van der Waals surface area contributed by atoms with Gasteiger partial charge in [-0.05, 0) is 43.9 Å². The van der Waals surface area contributed by atoms with Crippen molar-refractivity contribution in [3.05, 3.63) is 76.4 Å². The van der Waals surface area contributed by atoms with Crippen molar-refractivity contribution in [1.29, 1.82) is 0 Å². The first-order chi connectivity index (χ1) is 16.1. The van der Waals surface area contributed by atoms with Crippen LogP contribution in [0.5, 0.6) is 0 Å². The van der Waals surface area contributed by atoms with Gasteiger partial charge in [-0.1, -0.05) is 60.3 Å². The molecule has 1 saturated heterocycles. The molecule has 0 bridgehead atoms. The SMILES string of the molecule is C[C@H]1CCCCN1C(=O)CSc1nc2scc(-c3ccccc3)c2c(=O)n1-c1ccccc1. The van der Waals surface area contributed by atoms with Gasteiger partial charge in [0, 0.05) is 23.5 Å². The van der Waals surface area contributed by atoms with Crippen molar-refractivity contribution in [2.75, 3.05) is 12.3 Å². The lowest BCUT2D eigenvalue weighted by Crippen LogP contribution is -2.43. The quantitative estimate of drug-likeness (QED) is 0.278. The average Bonchev–Trinajstić information content (AvgIpc) is 3.28. The Morgan fingerprint density at radius 1 is 1.09 bits per heavy atom. The molecular weight excluding hydrogens is 450 g/mol. The number of para-hydroxylation sites is 1. The normalized spacial score (nSPS) is 16.3. The van der Waals surface area contributed by atoms with Crippen LogP contribution < -0.4 is 5.56 Å². The van der Waals surface area contributed by atoms with Crippen molar-refractivity contribution >= 4 is 39.2 Å². The number of piperidine rings is 1. The molecule has 33 heavy (non-hydrogen) atoms. The largest absolute Gasteiger partial charge is 0.339 e. The third kappa shape index (κ3) is 4.35. The molecule has 0 radical (unpaired) electrons. The number of hydrogen-bond donors (Lipinski definition) is 0. The van der Waals surface area contributed by atoms with E-state index < -0.39 is 0 Å². The third-order valence-electron chi connectivity index (χ3n) is 6.12. The molecule has 0 aliphatic carbocycles. The first-order valence-corrected chi connectivity index (χ1v) is 13.1. The van der Waals surface area contributed by atoms with Gasteiger partial charge in [0.1, 0.15) is 4.83 Å². The molecule has 5 nitrogen and oxygen atoms in total. The second-order valence-corrected chi connectivity index (χ2v) is 10.1. The van der Waals surface area contributed by atoms with E-state index in [1.54, 1.807) is 4.57 Å². The Hall–Kier alpha value is -2.90. The fourth-order valence-corrected chi connectivity index (χ4v) is 6.27. The van der Waals surface area contributed by atoms with Gasteiger partial charge in [0.05, 0.1) is 16.8 Å². The molecule has 0 spiro atoms. The molecule has 1 aliphatic heterocycles. The van der Waals surface area contributed by atoms with Crippen LogP contribution in [-0.2, 0) is 4.79 Å². The lowest BCUT2D eigenvalue weighted by atomic mass is 10.0. The van der Waals surface area contributed by atoms with E-state index in [-0.39, 0.29) is 23.3 Å². The lowest BCUT2D eigenvalue weighted by Gasteiger charge is -2.33. The van der Waals surface area contributed by atoms with Crippen molar-refractivity contribution in [3.8, 4) is 16.8 Å². The van der Waals surface area contributed by atoms with Gasteiger partial charge in [-0.15, -0.1) is 11.3 Å². The number of thioether (sulfide) groups is 1. The van der Waals surface area contributed by atoms with Crippen LogP contribution in [-0.4, -0.2) is 38.7 Å². The van der Waals surface area contributed by atoms with Crippen molar-refractivity contribution in [2.24, 2.45) is 0 Å². The van der Waals surface area contributed by atoms with E-state index in [0.29, 0.717) is 15.4 Å². The molecule has 0 saturated carbocycles. The van der Waals surface area contributed by atoms with Crippen molar-refractivity contribution in [2.45, 2.75) is 37.4 Å². The monoisotopic (exact) mass is 475 g/mol. The zero-order valence-corrected chi connectivity index (χ0v) is 20.1. The summed E-state index contributed by atoms with van der Waals surface area (Å²) in [6.45, 7) is 2.92. The summed E-state index contributed by atoms with van der Waals surface area (Å²) >= 11 is 2.82. The van der Waals surface area contributed by atoms with E-state index in [9.17, 15) is 9.59 Å². The number of aromatic nitrogens is 2.